The summed E-state index contributed by atoms with van der Waals surface area (Å²) in [5.74, 6) is 1.23. The number of carbonyl (C=O) groups is 2. The van der Waals surface area contributed by atoms with E-state index in [0.29, 0.717) is 25.4 Å². The number of hydrogen-bond acceptors (Lipinski definition) is 6. The maximum atomic E-state index is 12.7. The van der Waals surface area contributed by atoms with Gasteiger partial charge in [-0.2, -0.15) is 0 Å². The monoisotopic (exact) mass is 439 g/mol. The molecule has 0 radical (unpaired) electrons. The Bertz CT molecular complexity index is 774. The van der Waals surface area contributed by atoms with Crippen molar-refractivity contribution in [3.8, 4) is 0 Å². The molecule has 7 nitrogen and oxygen atoms in total. The first-order valence-electron chi connectivity index (χ1n) is 12.6. The summed E-state index contributed by atoms with van der Waals surface area (Å²) < 4.78 is 0. The molecule has 3 aliphatic heterocycles. The quantitative estimate of drug-likeness (QED) is 0.657. The van der Waals surface area contributed by atoms with Gasteiger partial charge in [0.2, 0.25) is 11.8 Å². The predicted octanol–water partition coefficient (Wildman–Crippen LogP) is 2.38. The van der Waals surface area contributed by atoms with Crippen molar-refractivity contribution in [1.82, 2.24) is 19.7 Å². The highest BCUT2D eigenvalue weighted by molar-refractivity contribution is 5.98. The Morgan fingerprint density at radius 1 is 0.875 bits per heavy atom. The first-order valence-corrected chi connectivity index (χ1v) is 12.6. The van der Waals surface area contributed by atoms with Gasteiger partial charge in [-0.05, 0) is 56.3 Å². The Labute approximate surface area is 191 Å². The van der Waals surface area contributed by atoms with Crippen molar-refractivity contribution in [1.29, 1.82) is 0 Å². The molecule has 1 saturated carbocycles. The second kappa shape index (κ2) is 9.48. The van der Waals surface area contributed by atoms with Crippen LogP contribution in [0.15, 0.2) is 24.4 Å². The molecule has 0 N–H and O–H groups in total. The number of anilines is 1. The lowest BCUT2D eigenvalue weighted by Crippen LogP contribution is -2.54. The van der Waals surface area contributed by atoms with Gasteiger partial charge in [0.1, 0.15) is 5.82 Å². The van der Waals surface area contributed by atoms with Gasteiger partial charge < -0.3 is 9.80 Å². The van der Waals surface area contributed by atoms with Crippen LogP contribution in [0.25, 0.3) is 0 Å². The van der Waals surface area contributed by atoms with Gasteiger partial charge in [0.15, 0.2) is 0 Å². The third-order valence-corrected chi connectivity index (χ3v) is 8.32. The largest absolute Gasteiger partial charge is 0.354 e. The maximum absolute atomic E-state index is 12.7. The first kappa shape index (κ1) is 21.8. The number of amides is 2. The predicted molar refractivity (Wildman–Crippen MR) is 124 cm³/mol. The molecule has 0 unspecified atom stereocenters. The topological polar surface area (TPSA) is 60.0 Å². The van der Waals surface area contributed by atoms with Gasteiger partial charge in [-0.15, -0.1) is 0 Å². The van der Waals surface area contributed by atoms with E-state index in [2.05, 4.69) is 31.8 Å². The molecule has 1 aromatic rings. The lowest BCUT2D eigenvalue weighted by Gasteiger charge is -2.43. The van der Waals surface area contributed by atoms with Crippen molar-refractivity contribution in [2.75, 3.05) is 57.3 Å². The molecule has 4 heterocycles. The molecule has 0 bridgehead atoms. The van der Waals surface area contributed by atoms with Crippen molar-refractivity contribution in [2.24, 2.45) is 5.41 Å². The van der Waals surface area contributed by atoms with Crippen LogP contribution >= 0.6 is 0 Å². The molecular weight excluding hydrogens is 402 g/mol. The van der Waals surface area contributed by atoms with E-state index in [1.54, 1.807) is 4.90 Å². The number of carbonyl (C=O) groups excluding carboxylic acids is 2. The van der Waals surface area contributed by atoms with Crippen LogP contribution in [0.4, 0.5) is 5.82 Å². The summed E-state index contributed by atoms with van der Waals surface area (Å²) in [5, 5.41) is 0. The van der Waals surface area contributed by atoms with Crippen molar-refractivity contribution >= 4 is 17.6 Å². The fourth-order valence-electron chi connectivity index (χ4n) is 6.37. The van der Waals surface area contributed by atoms with Crippen molar-refractivity contribution in [3.05, 3.63) is 24.4 Å². The Balaban J connectivity index is 1.04. The number of nitrogens with zero attached hydrogens (tertiary/aromatic N) is 5. The average molecular weight is 440 g/mol. The summed E-state index contributed by atoms with van der Waals surface area (Å²) in [6.45, 7) is 7.79. The number of piperidine rings is 2. The normalized spacial score (nSPS) is 25.8. The number of aromatic nitrogens is 1. The average Bonchev–Trinajstić information content (AvgIpc) is 3.27. The maximum Gasteiger partial charge on any atom is 0.229 e. The highest BCUT2D eigenvalue weighted by Crippen LogP contribution is 2.46. The molecule has 5 rings (SSSR count). The van der Waals surface area contributed by atoms with E-state index in [1.807, 2.05) is 12.3 Å². The molecule has 0 aromatic carbocycles. The minimum Gasteiger partial charge on any atom is -0.354 e. The summed E-state index contributed by atoms with van der Waals surface area (Å²) in [7, 11) is 0. The number of rotatable bonds is 5. The SMILES string of the molecule is O=C1CC2(CCCC2)CC(=O)N1CCN1CCC(N2CCN(c3ccccn3)CC2)CC1. The van der Waals surface area contributed by atoms with Crippen LogP contribution in [0.1, 0.15) is 51.4 Å². The molecule has 174 valence electrons. The van der Waals surface area contributed by atoms with Gasteiger partial charge in [0.05, 0.1) is 0 Å². The number of piperazine rings is 1. The van der Waals surface area contributed by atoms with Gasteiger partial charge in [-0.25, -0.2) is 4.98 Å². The molecule has 1 aromatic heterocycles. The molecular formula is C25H37N5O2. The molecule has 0 atom stereocenters. The zero-order valence-electron chi connectivity index (χ0n) is 19.3. The molecule has 2 amide bonds. The van der Waals surface area contributed by atoms with Gasteiger partial charge in [-0.3, -0.25) is 19.4 Å². The summed E-state index contributed by atoms with van der Waals surface area (Å²) in [6.07, 6.45) is 9.86. The highest BCUT2D eigenvalue weighted by atomic mass is 16.2. The van der Waals surface area contributed by atoms with Crippen LogP contribution in [0.5, 0.6) is 0 Å². The minimum atomic E-state index is 0.00358. The number of hydrogen-bond donors (Lipinski definition) is 0. The van der Waals surface area contributed by atoms with E-state index in [-0.39, 0.29) is 17.2 Å². The van der Waals surface area contributed by atoms with Crippen LogP contribution < -0.4 is 4.90 Å². The minimum absolute atomic E-state index is 0.00358. The smallest absolute Gasteiger partial charge is 0.229 e. The summed E-state index contributed by atoms with van der Waals surface area (Å²) in [6, 6.07) is 6.77. The Hall–Kier alpha value is -1.99. The van der Waals surface area contributed by atoms with E-state index in [0.717, 1.165) is 64.5 Å². The van der Waals surface area contributed by atoms with Crippen LogP contribution in [-0.2, 0) is 9.59 Å². The first-order chi connectivity index (χ1) is 15.6. The van der Waals surface area contributed by atoms with Crippen molar-refractivity contribution < 1.29 is 9.59 Å². The molecule has 4 fully saturated rings. The molecule has 3 saturated heterocycles. The zero-order valence-corrected chi connectivity index (χ0v) is 19.3. The summed E-state index contributed by atoms with van der Waals surface area (Å²) in [5.41, 5.74) is 0.00358. The Kier molecular flexibility index (Phi) is 6.47. The molecule has 4 aliphatic rings. The lowest BCUT2D eigenvalue weighted by molar-refractivity contribution is -0.153. The molecule has 32 heavy (non-hydrogen) atoms. The third-order valence-electron chi connectivity index (χ3n) is 8.32. The fraction of sp³-hybridized carbons (Fsp3) is 0.720. The standard InChI is InChI=1S/C25H37N5O2/c31-23-19-25(8-2-3-9-25)20-24(32)30(23)18-13-27-11-6-21(7-12-27)28-14-16-29(17-15-28)22-5-1-4-10-26-22/h1,4-5,10,21H,2-3,6-9,11-20H2. The molecule has 7 heteroatoms. The van der Waals surface area contributed by atoms with Gasteiger partial charge in [0, 0.05) is 64.3 Å². The van der Waals surface area contributed by atoms with E-state index < -0.39 is 0 Å². The summed E-state index contributed by atoms with van der Waals surface area (Å²) >= 11 is 0. The molecule has 1 aliphatic carbocycles. The third kappa shape index (κ3) is 4.69. The second-order valence-corrected chi connectivity index (χ2v) is 10.3. The highest BCUT2D eigenvalue weighted by Gasteiger charge is 2.45. The van der Waals surface area contributed by atoms with Crippen LogP contribution in [0, 0.1) is 5.41 Å². The Morgan fingerprint density at radius 3 is 2.19 bits per heavy atom. The van der Waals surface area contributed by atoms with Crippen LogP contribution in [0.3, 0.4) is 0 Å². The zero-order chi connectivity index (χ0) is 22.0. The van der Waals surface area contributed by atoms with Crippen LogP contribution in [0.2, 0.25) is 0 Å². The number of imide groups is 1. The summed E-state index contributed by atoms with van der Waals surface area (Å²) in [4.78, 5) is 38.9. The Morgan fingerprint density at radius 2 is 1.56 bits per heavy atom. The van der Waals surface area contributed by atoms with Crippen LogP contribution in [-0.4, -0.2) is 89.9 Å². The van der Waals surface area contributed by atoms with Crippen molar-refractivity contribution in [2.45, 2.75) is 57.4 Å². The van der Waals surface area contributed by atoms with Gasteiger partial charge in [-0.1, -0.05) is 18.9 Å². The van der Waals surface area contributed by atoms with E-state index >= 15 is 0 Å². The van der Waals surface area contributed by atoms with E-state index in [4.69, 9.17) is 0 Å². The molecule has 1 spiro atoms. The van der Waals surface area contributed by atoms with Crippen molar-refractivity contribution in [3.63, 3.8) is 0 Å². The number of likely N-dealkylation sites (tertiary alicyclic amines) is 2. The second-order valence-electron chi connectivity index (χ2n) is 10.3. The van der Waals surface area contributed by atoms with E-state index in [1.165, 1.54) is 25.7 Å². The van der Waals surface area contributed by atoms with E-state index in [9.17, 15) is 9.59 Å². The van der Waals surface area contributed by atoms with Gasteiger partial charge in [0.25, 0.3) is 0 Å². The lowest BCUT2D eigenvalue weighted by atomic mass is 9.76. The number of pyridine rings is 1. The van der Waals surface area contributed by atoms with Gasteiger partial charge >= 0.3 is 0 Å². The fourth-order valence-corrected chi connectivity index (χ4v) is 6.37.